The molecule has 0 aliphatic rings. The number of carbonyl (C=O) groups excluding carboxylic acids is 1. The highest BCUT2D eigenvalue weighted by molar-refractivity contribution is 5.88. The van der Waals surface area contributed by atoms with Crippen molar-refractivity contribution < 1.29 is 9.53 Å². The molecule has 1 aromatic rings. The van der Waals surface area contributed by atoms with E-state index in [0.29, 0.717) is 11.3 Å². The Hall–Kier alpha value is -2.26. The first-order chi connectivity index (χ1) is 7.27. The summed E-state index contributed by atoms with van der Waals surface area (Å²) in [6.45, 7) is 0. The Kier molecular flexibility index (Phi) is 3.94. The van der Waals surface area contributed by atoms with Crippen molar-refractivity contribution in [3.05, 3.63) is 46.3 Å². The second-order valence-electron chi connectivity index (χ2n) is 2.60. The zero-order valence-electron chi connectivity index (χ0n) is 8.12. The summed E-state index contributed by atoms with van der Waals surface area (Å²) in [6, 6.07) is 6.94. The number of rotatable bonds is 3. The zero-order chi connectivity index (χ0) is 11.1. The highest BCUT2D eigenvalue weighted by atomic mass is 16.5. The molecule has 0 N–H and O–H groups in total. The first-order valence-corrected chi connectivity index (χ1v) is 4.18. The van der Waals surface area contributed by atoms with E-state index in [0.717, 1.165) is 0 Å². The van der Waals surface area contributed by atoms with Crippen LogP contribution < -0.4 is 0 Å². The van der Waals surface area contributed by atoms with Crippen molar-refractivity contribution in [2.45, 2.75) is 0 Å². The van der Waals surface area contributed by atoms with Crippen molar-refractivity contribution >= 4 is 17.7 Å². The molecule has 1 rings (SSSR count). The summed E-state index contributed by atoms with van der Waals surface area (Å²) in [6.07, 6.45) is 2.81. The average Bonchev–Trinajstić information content (AvgIpc) is 2.28. The Balaban J connectivity index is 2.98. The molecule has 0 unspecified atom stereocenters. The molecule has 0 aliphatic heterocycles. The van der Waals surface area contributed by atoms with Crippen LogP contribution in [0.2, 0.25) is 0 Å². The second-order valence-corrected chi connectivity index (χ2v) is 2.60. The quantitative estimate of drug-likeness (QED) is 0.249. The Labute approximate surface area is 86.6 Å². The van der Waals surface area contributed by atoms with E-state index in [9.17, 15) is 4.79 Å². The SMILES string of the molecule is COC(=O)/C=C/c1ccccc1N=[N+]=[N-]. The van der Waals surface area contributed by atoms with E-state index >= 15 is 0 Å². The lowest BCUT2D eigenvalue weighted by Gasteiger charge is -1.97. The minimum Gasteiger partial charge on any atom is -0.466 e. The van der Waals surface area contributed by atoms with Crippen LogP contribution in [0.5, 0.6) is 0 Å². The lowest BCUT2D eigenvalue weighted by Crippen LogP contribution is -1.93. The van der Waals surface area contributed by atoms with Gasteiger partial charge in [-0.05, 0) is 17.2 Å². The largest absolute Gasteiger partial charge is 0.466 e. The summed E-state index contributed by atoms with van der Waals surface area (Å²) >= 11 is 0. The van der Waals surface area contributed by atoms with Crippen molar-refractivity contribution in [1.82, 2.24) is 0 Å². The van der Waals surface area contributed by atoms with Gasteiger partial charge >= 0.3 is 5.97 Å². The highest BCUT2D eigenvalue weighted by Crippen LogP contribution is 2.19. The van der Waals surface area contributed by atoms with Gasteiger partial charge in [-0.3, -0.25) is 0 Å². The van der Waals surface area contributed by atoms with Gasteiger partial charge in [0.15, 0.2) is 0 Å². The number of benzene rings is 1. The number of carbonyl (C=O) groups is 1. The molecule has 0 aliphatic carbocycles. The van der Waals surface area contributed by atoms with Crippen LogP contribution in [-0.4, -0.2) is 13.1 Å². The minimum atomic E-state index is -0.453. The van der Waals surface area contributed by atoms with Crippen LogP contribution in [0.1, 0.15) is 5.56 Å². The van der Waals surface area contributed by atoms with Crippen molar-refractivity contribution in [3.8, 4) is 0 Å². The van der Waals surface area contributed by atoms with E-state index in [4.69, 9.17) is 5.53 Å². The van der Waals surface area contributed by atoms with Crippen LogP contribution in [0.4, 0.5) is 5.69 Å². The third-order valence-corrected chi connectivity index (χ3v) is 1.69. The fourth-order valence-corrected chi connectivity index (χ4v) is 0.994. The number of methoxy groups -OCH3 is 1. The molecule has 0 radical (unpaired) electrons. The molecule has 0 aromatic heterocycles. The maximum absolute atomic E-state index is 10.8. The summed E-state index contributed by atoms with van der Waals surface area (Å²) in [5, 5.41) is 3.49. The van der Waals surface area contributed by atoms with Gasteiger partial charge in [-0.25, -0.2) is 4.79 Å². The molecular formula is C10H9N3O2. The lowest BCUT2D eigenvalue weighted by atomic mass is 10.1. The van der Waals surface area contributed by atoms with E-state index < -0.39 is 5.97 Å². The van der Waals surface area contributed by atoms with Gasteiger partial charge in [-0.15, -0.1) is 0 Å². The number of ether oxygens (including phenoxy) is 1. The Bertz CT molecular complexity index is 434. The van der Waals surface area contributed by atoms with E-state index in [-0.39, 0.29) is 0 Å². The van der Waals surface area contributed by atoms with E-state index in [1.165, 1.54) is 19.3 Å². The van der Waals surface area contributed by atoms with Crippen molar-refractivity contribution in [3.63, 3.8) is 0 Å². The summed E-state index contributed by atoms with van der Waals surface area (Å²) in [7, 11) is 1.30. The standard InChI is InChI=1S/C10H9N3O2/c1-15-10(14)7-6-8-4-2-3-5-9(8)12-13-11/h2-7H,1H3/b7-6+. The predicted molar refractivity (Wildman–Crippen MR) is 56.3 cm³/mol. The summed E-state index contributed by atoms with van der Waals surface area (Å²) in [4.78, 5) is 13.5. The Morgan fingerprint density at radius 3 is 2.93 bits per heavy atom. The maximum atomic E-state index is 10.8. The molecular weight excluding hydrogens is 194 g/mol. The topological polar surface area (TPSA) is 75.1 Å². The van der Waals surface area contributed by atoms with E-state index in [2.05, 4.69) is 14.8 Å². The average molecular weight is 203 g/mol. The van der Waals surface area contributed by atoms with E-state index in [1.807, 2.05) is 0 Å². The molecule has 0 saturated carbocycles. The smallest absolute Gasteiger partial charge is 0.330 e. The van der Waals surface area contributed by atoms with Crippen LogP contribution in [0.3, 0.4) is 0 Å². The number of nitrogens with zero attached hydrogens (tertiary/aromatic N) is 3. The molecule has 0 bridgehead atoms. The second kappa shape index (κ2) is 5.47. The molecule has 0 atom stereocenters. The zero-order valence-corrected chi connectivity index (χ0v) is 8.12. The third kappa shape index (κ3) is 3.17. The van der Waals surface area contributed by atoms with Crippen molar-refractivity contribution in [1.29, 1.82) is 0 Å². The number of esters is 1. The lowest BCUT2D eigenvalue weighted by molar-refractivity contribution is -0.134. The molecule has 5 heteroatoms. The maximum Gasteiger partial charge on any atom is 0.330 e. The fourth-order valence-electron chi connectivity index (χ4n) is 0.994. The van der Waals surface area contributed by atoms with Gasteiger partial charge in [0.1, 0.15) is 0 Å². The Morgan fingerprint density at radius 2 is 2.27 bits per heavy atom. The molecule has 0 amide bonds. The molecule has 5 nitrogen and oxygen atoms in total. The van der Waals surface area contributed by atoms with Gasteiger partial charge in [0.2, 0.25) is 0 Å². The van der Waals surface area contributed by atoms with Gasteiger partial charge < -0.3 is 4.74 Å². The van der Waals surface area contributed by atoms with Crippen LogP contribution in [-0.2, 0) is 9.53 Å². The highest BCUT2D eigenvalue weighted by Gasteiger charge is 1.96. The molecule has 0 heterocycles. The first kappa shape index (κ1) is 10.8. The number of hydrogen-bond acceptors (Lipinski definition) is 3. The fraction of sp³-hybridized carbons (Fsp3) is 0.100. The van der Waals surface area contributed by atoms with Crippen LogP contribution >= 0.6 is 0 Å². The third-order valence-electron chi connectivity index (χ3n) is 1.69. The van der Waals surface area contributed by atoms with Crippen LogP contribution in [0.15, 0.2) is 35.5 Å². The van der Waals surface area contributed by atoms with Gasteiger partial charge in [-0.1, -0.05) is 29.4 Å². The Morgan fingerprint density at radius 1 is 1.53 bits per heavy atom. The van der Waals surface area contributed by atoms with Crippen LogP contribution in [0.25, 0.3) is 16.5 Å². The van der Waals surface area contributed by atoms with Gasteiger partial charge in [0, 0.05) is 16.7 Å². The molecule has 1 aromatic carbocycles. The summed E-state index contributed by atoms with van der Waals surface area (Å²) in [5.41, 5.74) is 9.45. The molecule has 0 fully saturated rings. The molecule has 0 spiro atoms. The molecule has 15 heavy (non-hydrogen) atoms. The molecule has 76 valence electrons. The van der Waals surface area contributed by atoms with Crippen molar-refractivity contribution in [2.75, 3.05) is 7.11 Å². The van der Waals surface area contributed by atoms with Crippen molar-refractivity contribution in [2.24, 2.45) is 5.11 Å². The van der Waals surface area contributed by atoms with Crippen LogP contribution in [0, 0.1) is 0 Å². The van der Waals surface area contributed by atoms with Gasteiger partial charge in [0.25, 0.3) is 0 Å². The normalized spacial score (nSPS) is 9.67. The first-order valence-electron chi connectivity index (χ1n) is 4.18. The minimum absolute atomic E-state index is 0.453. The number of hydrogen-bond donors (Lipinski definition) is 0. The summed E-state index contributed by atoms with van der Waals surface area (Å²) in [5.74, 6) is -0.453. The van der Waals surface area contributed by atoms with Gasteiger partial charge in [-0.2, -0.15) is 0 Å². The predicted octanol–water partition coefficient (Wildman–Crippen LogP) is 2.81. The number of azide groups is 1. The summed E-state index contributed by atoms with van der Waals surface area (Å²) < 4.78 is 4.44. The van der Waals surface area contributed by atoms with E-state index in [1.54, 1.807) is 24.3 Å². The molecule has 0 saturated heterocycles. The van der Waals surface area contributed by atoms with Gasteiger partial charge in [0.05, 0.1) is 7.11 Å². The monoisotopic (exact) mass is 203 g/mol.